The molecule has 0 aliphatic heterocycles. The van der Waals surface area contributed by atoms with Gasteiger partial charge >= 0.3 is 0 Å². The zero-order valence-corrected chi connectivity index (χ0v) is 10.8. The molecule has 0 heterocycles. The van der Waals surface area contributed by atoms with Gasteiger partial charge in [-0.25, -0.2) is 13.2 Å². The van der Waals surface area contributed by atoms with Crippen LogP contribution < -0.4 is 5.32 Å². The lowest BCUT2D eigenvalue weighted by molar-refractivity contribution is 0.510. The highest BCUT2D eigenvalue weighted by atomic mass is 19.2. The summed E-state index contributed by atoms with van der Waals surface area (Å²) in [4.78, 5) is 0. The molecule has 4 heteroatoms. The molecule has 1 saturated carbocycles. The van der Waals surface area contributed by atoms with E-state index in [-0.39, 0.29) is 11.1 Å². The number of hydrogen-bond acceptors (Lipinski definition) is 1. The molecule has 0 amide bonds. The van der Waals surface area contributed by atoms with E-state index >= 15 is 0 Å². The first-order chi connectivity index (χ1) is 9.65. The van der Waals surface area contributed by atoms with E-state index in [0.29, 0.717) is 12.6 Å². The molecule has 20 heavy (non-hydrogen) atoms. The van der Waals surface area contributed by atoms with Crippen molar-refractivity contribution in [3.63, 3.8) is 0 Å². The monoisotopic (exact) mass is 277 g/mol. The van der Waals surface area contributed by atoms with Crippen LogP contribution in [-0.2, 0) is 6.54 Å². The third-order valence-corrected chi connectivity index (χ3v) is 3.44. The zero-order valence-electron chi connectivity index (χ0n) is 10.8. The third-order valence-electron chi connectivity index (χ3n) is 3.44. The van der Waals surface area contributed by atoms with Crippen LogP contribution in [0.25, 0.3) is 11.1 Å². The van der Waals surface area contributed by atoms with Gasteiger partial charge in [-0.1, -0.05) is 18.2 Å². The van der Waals surface area contributed by atoms with Crippen molar-refractivity contribution < 1.29 is 13.2 Å². The van der Waals surface area contributed by atoms with E-state index in [0.717, 1.165) is 24.5 Å². The molecule has 0 atom stereocenters. The van der Waals surface area contributed by atoms with Gasteiger partial charge in [0.1, 0.15) is 5.82 Å². The van der Waals surface area contributed by atoms with Crippen LogP contribution in [0.4, 0.5) is 13.2 Å². The Morgan fingerprint density at radius 2 is 1.75 bits per heavy atom. The summed E-state index contributed by atoms with van der Waals surface area (Å²) in [5.41, 5.74) is 0.907. The Morgan fingerprint density at radius 3 is 2.50 bits per heavy atom. The quantitative estimate of drug-likeness (QED) is 0.890. The second-order valence-corrected chi connectivity index (χ2v) is 5.07. The topological polar surface area (TPSA) is 12.0 Å². The number of hydrogen-bond donors (Lipinski definition) is 1. The average molecular weight is 277 g/mol. The highest BCUT2D eigenvalue weighted by Crippen LogP contribution is 2.28. The first-order valence-electron chi connectivity index (χ1n) is 6.61. The third kappa shape index (κ3) is 2.70. The molecule has 0 aromatic heterocycles. The van der Waals surface area contributed by atoms with Crippen molar-refractivity contribution in [1.82, 2.24) is 5.32 Å². The fraction of sp³-hybridized carbons (Fsp3) is 0.250. The van der Waals surface area contributed by atoms with Crippen molar-refractivity contribution >= 4 is 0 Å². The molecule has 0 bridgehead atoms. The van der Waals surface area contributed by atoms with Gasteiger partial charge in [0.05, 0.1) is 0 Å². The smallest absolute Gasteiger partial charge is 0.166 e. The molecule has 1 aliphatic rings. The lowest BCUT2D eigenvalue weighted by atomic mass is 10.0. The maximum absolute atomic E-state index is 13.9. The number of halogens is 3. The summed E-state index contributed by atoms with van der Waals surface area (Å²) in [7, 11) is 0. The van der Waals surface area contributed by atoms with Crippen molar-refractivity contribution in [2.45, 2.75) is 25.4 Å². The van der Waals surface area contributed by atoms with Gasteiger partial charge in [-0.2, -0.15) is 0 Å². The minimum absolute atomic E-state index is 0.0456. The first-order valence-corrected chi connectivity index (χ1v) is 6.61. The van der Waals surface area contributed by atoms with Crippen LogP contribution >= 0.6 is 0 Å². The summed E-state index contributed by atoms with van der Waals surface area (Å²) < 4.78 is 40.9. The van der Waals surface area contributed by atoms with Gasteiger partial charge in [0, 0.05) is 23.7 Å². The summed E-state index contributed by atoms with van der Waals surface area (Å²) in [5.74, 6) is -2.54. The Morgan fingerprint density at radius 1 is 0.950 bits per heavy atom. The standard InChI is InChI=1S/C16H14F3N/c17-14-7-4-10(9-20-11-5-6-11)8-13(14)12-2-1-3-15(18)16(12)19/h1-4,7-8,11,20H,5-6,9H2. The molecule has 104 valence electrons. The van der Waals surface area contributed by atoms with Gasteiger partial charge in [-0.3, -0.25) is 0 Å². The van der Waals surface area contributed by atoms with Gasteiger partial charge in [0.15, 0.2) is 11.6 Å². The van der Waals surface area contributed by atoms with Crippen molar-refractivity contribution in [3.8, 4) is 11.1 Å². The van der Waals surface area contributed by atoms with E-state index in [2.05, 4.69) is 5.32 Å². The van der Waals surface area contributed by atoms with Crippen molar-refractivity contribution in [1.29, 1.82) is 0 Å². The molecule has 2 aromatic rings. The Hall–Kier alpha value is -1.81. The summed E-state index contributed by atoms with van der Waals surface area (Å²) in [6.45, 7) is 0.606. The van der Waals surface area contributed by atoms with E-state index in [1.165, 1.54) is 18.2 Å². The lowest BCUT2D eigenvalue weighted by Gasteiger charge is -2.09. The van der Waals surface area contributed by atoms with Crippen LogP contribution in [0, 0.1) is 17.5 Å². The zero-order chi connectivity index (χ0) is 14.1. The highest BCUT2D eigenvalue weighted by molar-refractivity contribution is 5.65. The Bertz CT molecular complexity index is 636. The van der Waals surface area contributed by atoms with Crippen LogP contribution in [0.2, 0.25) is 0 Å². The SMILES string of the molecule is Fc1ccc(CNC2CC2)cc1-c1cccc(F)c1F. The Labute approximate surface area is 115 Å². The molecular formula is C16H14F3N. The lowest BCUT2D eigenvalue weighted by Crippen LogP contribution is -2.15. The van der Waals surface area contributed by atoms with Gasteiger partial charge < -0.3 is 5.32 Å². The van der Waals surface area contributed by atoms with Crippen LogP contribution in [0.15, 0.2) is 36.4 Å². The molecule has 2 aromatic carbocycles. The van der Waals surface area contributed by atoms with Crippen LogP contribution in [0.3, 0.4) is 0 Å². The van der Waals surface area contributed by atoms with Crippen LogP contribution in [0.5, 0.6) is 0 Å². The normalized spacial score (nSPS) is 14.6. The fourth-order valence-corrected chi connectivity index (χ4v) is 2.15. The first kappa shape index (κ1) is 13.2. The van der Waals surface area contributed by atoms with Gasteiger partial charge in [0.2, 0.25) is 0 Å². The highest BCUT2D eigenvalue weighted by Gasteiger charge is 2.20. The van der Waals surface area contributed by atoms with Crippen molar-refractivity contribution in [3.05, 3.63) is 59.4 Å². The molecule has 0 saturated heterocycles. The Balaban J connectivity index is 1.94. The van der Waals surface area contributed by atoms with Gasteiger partial charge in [-0.05, 0) is 36.6 Å². The van der Waals surface area contributed by atoms with E-state index in [4.69, 9.17) is 0 Å². The minimum Gasteiger partial charge on any atom is -0.310 e. The second kappa shape index (κ2) is 5.29. The van der Waals surface area contributed by atoms with Crippen LogP contribution in [-0.4, -0.2) is 6.04 Å². The predicted molar refractivity (Wildman–Crippen MR) is 71.6 cm³/mol. The maximum atomic E-state index is 13.9. The summed E-state index contributed by atoms with van der Waals surface area (Å²) in [6, 6.07) is 8.85. The number of rotatable bonds is 4. The van der Waals surface area contributed by atoms with Crippen molar-refractivity contribution in [2.75, 3.05) is 0 Å². The Kier molecular flexibility index (Phi) is 3.49. The molecule has 1 aliphatic carbocycles. The average Bonchev–Trinajstić information content (AvgIpc) is 3.25. The van der Waals surface area contributed by atoms with E-state index in [9.17, 15) is 13.2 Å². The largest absolute Gasteiger partial charge is 0.310 e. The summed E-state index contributed by atoms with van der Waals surface area (Å²) >= 11 is 0. The molecular weight excluding hydrogens is 263 g/mol. The van der Waals surface area contributed by atoms with E-state index in [1.54, 1.807) is 12.1 Å². The second-order valence-electron chi connectivity index (χ2n) is 5.07. The number of benzene rings is 2. The predicted octanol–water partition coefficient (Wildman–Crippen LogP) is 4.02. The molecule has 0 unspecified atom stereocenters. The molecule has 1 fully saturated rings. The molecule has 0 radical (unpaired) electrons. The summed E-state index contributed by atoms with van der Waals surface area (Å²) in [5, 5.41) is 3.31. The number of nitrogens with one attached hydrogen (secondary N) is 1. The fourth-order valence-electron chi connectivity index (χ4n) is 2.15. The van der Waals surface area contributed by atoms with Crippen LogP contribution in [0.1, 0.15) is 18.4 Å². The molecule has 1 N–H and O–H groups in total. The van der Waals surface area contributed by atoms with E-state index < -0.39 is 17.5 Å². The van der Waals surface area contributed by atoms with Gasteiger partial charge in [-0.15, -0.1) is 0 Å². The maximum Gasteiger partial charge on any atom is 0.166 e. The van der Waals surface area contributed by atoms with Gasteiger partial charge in [0.25, 0.3) is 0 Å². The molecule has 0 spiro atoms. The summed E-state index contributed by atoms with van der Waals surface area (Å²) in [6.07, 6.45) is 2.32. The molecule has 1 nitrogen and oxygen atoms in total. The van der Waals surface area contributed by atoms with E-state index in [1.807, 2.05) is 0 Å². The minimum atomic E-state index is -1.02. The molecule has 3 rings (SSSR count). The van der Waals surface area contributed by atoms with Crippen molar-refractivity contribution in [2.24, 2.45) is 0 Å².